The number of hydrogen-bond donors (Lipinski definition) is 0. The predicted octanol–water partition coefficient (Wildman–Crippen LogP) is 31.7. The molecule has 5 heteroatoms. The van der Waals surface area contributed by atoms with Gasteiger partial charge in [-0.25, -0.2) is 0 Å². The molecular weight excluding hydrogens is 1270 g/mol. The Kier molecular flexibility index (Phi) is 86.7. The summed E-state index contributed by atoms with van der Waals surface area (Å²) in [5, 5.41) is 0. The Labute approximate surface area is 663 Å². The van der Waals surface area contributed by atoms with Crippen LogP contribution in [0.2, 0.25) is 0 Å². The molecule has 0 bridgehead atoms. The molecule has 105 heavy (non-hydrogen) atoms. The van der Waals surface area contributed by atoms with Crippen LogP contribution in [0.1, 0.15) is 484 Å². The summed E-state index contributed by atoms with van der Waals surface area (Å²) in [6, 6.07) is 0. The molecule has 0 aromatic heterocycles. The smallest absolute Gasteiger partial charge is 0.0110 e. The molecule has 5 nitrogen and oxygen atoms in total. The van der Waals surface area contributed by atoms with Gasteiger partial charge in [0, 0.05) is 65.4 Å². The van der Waals surface area contributed by atoms with Crippen molar-refractivity contribution in [2.45, 2.75) is 484 Å². The molecule has 0 atom stereocenters. The highest BCUT2D eigenvalue weighted by molar-refractivity contribution is 4.85. The molecule has 0 aliphatic carbocycles. The standard InChI is InChI=1S/C100H195N5/c1-6-11-16-21-26-31-36-41-46-51-56-61-66-71-76-81-86-101(87-82-77-72-67-62-57-52-47-42-37-32-27-22-17-12-7-2)91-93-103(90-85-80-75-70-65-60-55-50-45-40-35-30-25-20-15-10-5)94-96-105-99-97-104(98-100-105)95-92-102(88-83-78-73-68-63-58-53-48-43-38-33-28-23-18-13-8-3)89-84-79-74-69-64-59-54-49-44-39-34-29-24-19-14-9-4/h41-50H,6-40,51-100H2,1-5H3. The highest BCUT2D eigenvalue weighted by Gasteiger charge is 2.19. The van der Waals surface area contributed by atoms with Gasteiger partial charge in [0.25, 0.3) is 0 Å². The van der Waals surface area contributed by atoms with Gasteiger partial charge in [0.2, 0.25) is 0 Å². The third-order valence-corrected chi connectivity index (χ3v) is 23.6. The largest absolute Gasteiger partial charge is 0.302 e. The lowest BCUT2D eigenvalue weighted by molar-refractivity contribution is 0.104. The van der Waals surface area contributed by atoms with Gasteiger partial charge in [-0.3, -0.25) is 9.80 Å². The van der Waals surface area contributed by atoms with Gasteiger partial charge in [0.1, 0.15) is 0 Å². The summed E-state index contributed by atoms with van der Waals surface area (Å²) in [6.45, 7) is 30.7. The molecule has 0 amide bonds. The van der Waals surface area contributed by atoms with Crippen molar-refractivity contribution in [1.29, 1.82) is 0 Å². The van der Waals surface area contributed by atoms with E-state index in [1.165, 1.54) is 548 Å². The summed E-state index contributed by atoms with van der Waals surface area (Å²) in [4.78, 5) is 14.5. The van der Waals surface area contributed by atoms with E-state index < -0.39 is 0 Å². The zero-order chi connectivity index (χ0) is 75.1. The van der Waals surface area contributed by atoms with E-state index in [0.29, 0.717) is 0 Å². The second-order valence-electron chi connectivity index (χ2n) is 33.9. The summed E-state index contributed by atoms with van der Waals surface area (Å²) in [6.07, 6.45) is 122. The second kappa shape index (κ2) is 89.7. The first-order valence-electron chi connectivity index (χ1n) is 49.0. The number of unbranched alkanes of at least 4 members (excludes halogenated alkanes) is 60. The van der Waals surface area contributed by atoms with E-state index >= 15 is 0 Å². The van der Waals surface area contributed by atoms with Gasteiger partial charge < -0.3 is 14.7 Å². The first-order chi connectivity index (χ1) is 52.2. The number of hydrogen-bond acceptors (Lipinski definition) is 5. The first kappa shape index (κ1) is 102. The fraction of sp³-hybridized carbons (Fsp3) is 0.900. The van der Waals surface area contributed by atoms with Crippen LogP contribution in [-0.4, -0.2) is 123 Å². The Balaban J connectivity index is 2.88. The van der Waals surface area contributed by atoms with Crippen molar-refractivity contribution in [3.05, 3.63) is 60.8 Å². The van der Waals surface area contributed by atoms with Crippen LogP contribution in [0.4, 0.5) is 0 Å². The topological polar surface area (TPSA) is 16.2 Å². The quantitative estimate of drug-likeness (QED) is 0.0444. The number of rotatable bonds is 89. The Morgan fingerprint density at radius 1 is 0.152 bits per heavy atom. The first-order valence-corrected chi connectivity index (χ1v) is 49.0. The minimum Gasteiger partial charge on any atom is -0.302 e. The minimum absolute atomic E-state index is 1.25. The van der Waals surface area contributed by atoms with Crippen LogP contribution in [0.5, 0.6) is 0 Å². The van der Waals surface area contributed by atoms with Crippen molar-refractivity contribution >= 4 is 0 Å². The average Bonchev–Trinajstić information content (AvgIpc) is 0.959. The Hall–Kier alpha value is -1.50. The molecule has 0 unspecified atom stereocenters. The molecule has 0 aromatic carbocycles. The van der Waals surface area contributed by atoms with E-state index in [9.17, 15) is 0 Å². The van der Waals surface area contributed by atoms with Crippen LogP contribution in [-0.2, 0) is 0 Å². The number of piperazine rings is 1. The lowest BCUT2D eigenvalue weighted by atomic mass is 10.1. The van der Waals surface area contributed by atoms with Gasteiger partial charge in [0.05, 0.1) is 0 Å². The fourth-order valence-corrected chi connectivity index (χ4v) is 16.0. The third-order valence-electron chi connectivity index (χ3n) is 23.6. The molecule has 0 saturated carbocycles. The van der Waals surface area contributed by atoms with Crippen LogP contribution in [0, 0.1) is 0 Å². The fourth-order valence-electron chi connectivity index (χ4n) is 16.0. The molecule has 1 fully saturated rings. The van der Waals surface area contributed by atoms with Crippen LogP contribution in [0.25, 0.3) is 0 Å². The molecule has 0 N–H and O–H groups in total. The van der Waals surface area contributed by atoms with Gasteiger partial charge >= 0.3 is 0 Å². The van der Waals surface area contributed by atoms with Gasteiger partial charge in [-0.15, -0.1) is 0 Å². The molecule has 1 rings (SSSR count). The van der Waals surface area contributed by atoms with Crippen molar-refractivity contribution in [2.75, 3.05) is 98.2 Å². The summed E-state index contributed by atoms with van der Waals surface area (Å²) < 4.78 is 0. The van der Waals surface area contributed by atoms with E-state index in [4.69, 9.17) is 0 Å². The van der Waals surface area contributed by atoms with Crippen LogP contribution in [0.3, 0.4) is 0 Å². The SMILES string of the molecule is CCCCCCCCC=CCCCCCCCCN(CCCCCCCCC=CCCCCCCCC)CCN(CCCCCCCCC=CCCCCCCCC)CCN1CCN(CCN(CCCCCCCCC=CCCCCCCCC)CCCCCCCCC=CCCCCCCCC)CC1. The van der Waals surface area contributed by atoms with Crippen LogP contribution < -0.4 is 0 Å². The Morgan fingerprint density at radius 2 is 0.286 bits per heavy atom. The predicted molar refractivity (Wildman–Crippen MR) is 479 cm³/mol. The van der Waals surface area contributed by atoms with Gasteiger partial charge in [-0.1, -0.05) is 384 Å². The van der Waals surface area contributed by atoms with Crippen molar-refractivity contribution < 1.29 is 0 Å². The van der Waals surface area contributed by atoms with Crippen LogP contribution >= 0.6 is 0 Å². The van der Waals surface area contributed by atoms with Crippen molar-refractivity contribution in [2.24, 2.45) is 0 Å². The van der Waals surface area contributed by atoms with Gasteiger partial charge in [-0.2, -0.15) is 0 Å². The maximum atomic E-state index is 2.95. The van der Waals surface area contributed by atoms with Crippen molar-refractivity contribution in [1.82, 2.24) is 24.5 Å². The molecule has 0 radical (unpaired) electrons. The molecule has 1 saturated heterocycles. The molecule has 620 valence electrons. The minimum atomic E-state index is 1.25. The second-order valence-corrected chi connectivity index (χ2v) is 33.9. The van der Waals surface area contributed by atoms with E-state index in [1.54, 1.807) is 0 Å². The normalized spacial score (nSPS) is 13.6. The molecular formula is C100H195N5. The van der Waals surface area contributed by atoms with Gasteiger partial charge in [-0.05, 0) is 193 Å². The number of allylic oxidation sites excluding steroid dienone is 10. The van der Waals surface area contributed by atoms with E-state index in [-0.39, 0.29) is 0 Å². The Morgan fingerprint density at radius 3 is 0.457 bits per heavy atom. The lowest BCUT2D eigenvalue weighted by Gasteiger charge is -2.37. The zero-order valence-corrected chi connectivity index (χ0v) is 73.1. The zero-order valence-electron chi connectivity index (χ0n) is 73.1. The summed E-state index contributed by atoms with van der Waals surface area (Å²) >= 11 is 0. The van der Waals surface area contributed by atoms with E-state index in [0.717, 1.165) is 0 Å². The lowest BCUT2D eigenvalue weighted by Crippen LogP contribution is -2.50. The monoisotopic (exact) mass is 1470 g/mol. The summed E-state index contributed by atoms with van der Waals surface area (Å²) in [5.74, 6) is 0. The maximum Gasteiger partial charge on any atom is 0.0110 e. The van der Waals surface area contributed by atoms with Crippen molar-refractivity contribution in [3.8, 4) is 0 Å². The van der Waals surface area contributed by atoms with E-state index in [2.05, 4.69) is 120 Å². The molecule has 0 aromatic rings. The average molecular weight is 1470 g/mol. The van der Waals surface area contributed by atoms with Crippen molar-refractivity contribution in [3.63, 3.8) is 0 Å². The molecule has 1 heterocycles. The van der Waals surface area contributed by atoms with E-state index in [1.807, 2.05) is 0 Å². The molecule has 1 aliphatic rings. The summed E-state index contributed by atoms with van der Waals surface area (Å²) in [7, 11) is 0. The molecule has 0 spiro atoms. The number of nitrogens with zero attached hydrogens (tertiary/aromatic N) is 5. The molecule has 1 aliphatic heterocycles. The highest BCUT2D eigenvalue weighted by atomic mass is 15.3. The maximum absolute atomic E-state index is 2.95. The van der Waals surface area contributed by atoms with Crippen LogP contribution in [0.15, 0.2) is 60.8 Å². The highest BCUT2D eigenvalue weighted by Crippen LogP contribution is 2.19. The van der Waals surface area contributed by atoms with Gasteiger partial charge in [0.15, 0.2) is 0 Å². The summed E-state index contributed by atoms with van der Waals surface area (Å²) in [5.41, 5.74) is 0. The third kappa shape index (κ3) is 80.4. The Bertz CT molecular complexity index is 1660.